The summed E-state index contributed by atoms with van der Waals surface area (Å²) >= 11 is 6.10. The molecule has 6 nitrogen and oxygen atoms in total. The third-order valence-corrected chi connectivity index (χ3v) is 5.72. The highest BCUT2D eigenvalue weighted by Crippen LogP contribution is 2.26. The molecule has 2 heterocycles. The number of carbonyl (C=O) groups excluding carboxylic acids is 1. The van der Waals surface area contributed by atoms with Crippen LogP contribution >= 0.6 is 11.6 Å². The van der Waals surface area contributed by atoms with Crippen molar-refractivity contribution in [3.63, 3.8) is 0 Å². The zero-order chi connectivity index (χ0) is 19.5. The van der Waals surface area contributed by atoms with E-state index in [9.17, 15) is 4.79 Å². The number of carbonyl (C=O) groups is 1. The number of rotatable bonds is 4. The molecule has 0 spiro atoms. The normalized spacial score (nSPS) is 22.4. The second-order valence-corrected chi connectivity index (χ2v) is 7.63. The predicted molar refractivity (Wildman–Crippen MR) is 111 cm³/mol. The standard InChI is InChI=1S/C21H25ClN4O2/c1-28-18-7-5-15(6-8-18)19-14-20(24-23-19)21(27)26-11-9-25(10-12-26)17-4-2-3-16(22)13-17/h2-8,13,19-20,23-24H,9-12,14H2,1H3. The number of piperazine rings is 1. The molecule has 2 aliphatic rings. The van der Waals surface area contributed by atoms with Crippen molar-refractivity contribution < 1.29 is 9.53 Å². The first-order valence-electron chi connectivity index (χ1n) is 9.58. The second kappa shape index (κ2) is 8.39. The van der Waals surface area contributed by atoms with Crippen molar-refractivity contribution in [2.75, 3.05) is 38.2 Å². The van der Waals surface area contributed by atoms with E-state index in [0.29, 0.717) is 0 Å². The topological polar surface area (TPSA) is 56.8 Å². The maximum atomic E-state index is 12.9. The van der Waals surface area contributed by atoms with Crippen molar-refractivity contribution >= 4 is 23.2 Å². The maximum Gasteiger partial charge on any atom is 0.241 e. The summed E-state index contributed by atoms with van der Waals surface area (Å²) in [5.74, 6) is 0.995. The van der Waals surface area contributed by atoms with Gasteiger partial charge in [-0.1, -0.05) is 29.8 Å². The summed E-state index contributed by atoms with van der Waals surface area (Å²) in [5.41, 5.74) is 8.69. The molecule has 0 bridgehead atoms. The lowest BCUT2D eigenvalue weighted by Crippen LogP contribution is -2.53. The summed E-state index contributed by atoms with van der Waals surface area (Å²) in [4.78, 5) is 17.2. The molecule has 1 amide bonds. The van der Waals surface area contributed by atoms with Crippen molar-refractivity contribution in [1.29, 1.82) is 0 Å². The van der Waals surface area contributed by atoms with E-state index in [1.807, 2.05) is 47.4 Å². The second-order valence-electron chi connectivity index (χ2n) is 7.19. The van der Waals surface area contributed by atoms with Crippen molar-refractivity contribution in [1.82, 2.24) is 15.8 Å². The predicted octanol–water partition coefficient (Wildman–Crippen LogP) is 2.61. The van der Waals surface area contributed by atoms with Crippen molar-refractivity contribution in [2.24, 2.45) is 0 Å². The lowest BCUT2D eigenvalue weighted by molar-refractivity contribution is -0.133. The Kier molecular flexibility index (Phi) is 5.71. The highest BCUT2D eigenvalue weighted by Gasteiger charge is 2.34. The van der Waals surface area contributed by atoms with Crippen molar-refractivity contribution in [3.8, 4) is 5.75 Å². The fourth-order valence-corrected chi connectivity index (χ4v) is 4.04. The first-order valence-corrected chi connectivity index (χ1v) is 9.96. The van der Waals surface area contributed by atoms with Gasteiger partial charge in [-0.3, -0.25) is 4.79 Å². The van der Waals surface area contributed by atoms with E-state index in [1.165, 1.54) is 0 Å². The van der Waals surface area contributed by atoms with Crippen LogP contribution in [0.15, 0.2) is 48.5 Å². The minimum atomic E-state index is -0.204. The molecule has 2 unspecified atom stereocenters. The van der Waals surface area contributed by atoms with Crippen LogP contribution in [-0.4, -0.2) is 50.1 Å². The lowest BCUT2D eigenvalue weighted by atomic mass is 10.0. The first-order chi connectivity index (χ1) is 13.6. The van der Waals surface area contributed by atoms with Crippen LogP contribution in [0.5, 0.6) is 5.75 Å². The highest BCUT2D eigenvalue weighted by atomic mass is 35.5. The Bertz CT molecular complexity index is 821. The Morgan fingerprint density at radius 1 is 1.07 bits per heavy atom. The van der Waals surface area contributed by atoms with Gasteiger partial charge in [0.1, 0.15) is 11.8 Å². The van der Waals surface area contributed by atoms with Crippen molar-refractivity contribution in [3.05, 3.63) is 59.1 Å². The van der Waals surface area contributed by atoms with Crippen LogP contribution in [0.2, 0.25) is 5.02 Å². The Morgan fingerprint density at radius 2 is 1.82 bits per heavy atom. The summed E-state index contributed by atoms with van der Waals surface area (Å²) in [6.07, 6.45) is 0.736. The van der Waals surface area contributed by atoms with E-state index < -0.39 is 0 Å². The molecular formula is C21H25ClN4O2. The van der Waals surface area contributed by atoms with Crippen LogP contribution in [0.3, 0.4) is 0 Å². The van der Waals surface area contributed by atoms with Crippen LogP contribution in [0.1, 0.15) is 18.0 Å². The van der Waals surface area contributed by atoms with E-state index in [1.54, 1.807) is 7.11 Å². The number of benzene rings is 2. The number of hydrazine groups is 1. The van der Waals surface area contributed by atoms with Gasteiger partial charge in [0.15, 0.2) is 0 Å². The van der Waals surface area contributed by atoms with Gasteiger partial charge in [0.2, 0.25) is 5.91 Å². The van der Waals surface area contributed by atoms with Gasteiger partial charge in [0, 0.05) is 42.9 Å². The number of hydrogen-bond acceptors (Lipinski definition) is 5. The van der Waals surface area contributed by atoms with Gasteiger partial charge >= 0.3 is 0 Å². The summed E-state index contributed by atoms with van der Waals surface area (Å²) in [7, 11) is 1.66. The van der Waals surface area contributed by atoms with Gasteiger partial charge < -0.3 is 14.5 Å². The molecule has 2 aliphatic heterocycles. The minimum absolute atomic E-state index is 0.118. The third kappa shape index (κ3) is 4.09. The summed E-state index contributed by atoms with van der Waals surface area (Å²) in [6, 6.07) is 15.8. The van der Waals surface area contributed by atoms with Gasteiger partial charge in [0.05, 0.1) is 7.11 Å². The molecule has 2 saturated heterocycles. The van der Waals surface area contributed by atoms with Gasteiger partial charge in [-0.05, 0) is 42.3 Å². The Morgan fingerprint density at radius 3 is 2.50 bits per heavy atom. The zero-order valence-corrected chi connectivity index (χ0v) is 16.7. The number of ether oxygens (including phenoxy) is 1. The monoisotopic (exact) mass is 400 g/mol. The quantitative estimate of drug-likeness (QED) is 0.826. The Hall–Kier alpha value is -2.28. The first kappa shape index (κ1) is 19.1. The van der Waals surface area contributed by atoms with E-state index in [2.05, 4.69) is 21.8 Å². The molecule has 0 aliphatic carbocycles. The van der Waals surface area contributed by atoms with Gasteiger partial charge in [-0.15, -0.1) is 0 Å². The van der Waals surface area contributed by atoms with Crippen LogP contribution in [0.25, 0.3) is 0 Å². The molecular weight excluding hydrogens is 376 g/mol. The van der Waals surface area contributed by atoms with Crippen LogP contribution in [0.4, 0.5) is 5.69 Å². The molecule has 2 aromatic rings. The lowest BCUT2D eigenvalue weighted by Gasteiger charge is -2.37. The number of hydrogen-bond donors (Lipinski definition) is 2. The van der Waals surface area contributed by atoms with Crippen LogP contribution in [-0.2, 0) is 4.79 Å². The third-order valence-electron chi connectivity index (χ3n) is 5.48. The number of anilines is 1. The molecule has 0 radical (unpaired) electrons. The van der Waals surface area contributed by atoms with Gasteiger partial charge in [-0.2, -0.15) is 0 Å². The van der Waals surface area contributed by atoms with Gasteiger partial charge in [-0.25, -0.2) is 10.9 Å². The van der Waals surface area contributed by atoms with Gasteiger partial charge in [0.25, 0.3) is 0 Å². The van der Waals surface area contributed by atoms with E-state index >= 15 is 0 Å². The molecule has 4 rings (SSSR count). The van der Waals surface area contributed by atoms with E-state index in [0.717, 1.165) is 54.6 Å². The maximum absolute atomic E-state index is 12.9. The van der Waals surface area contributed by atoms with Crippen molar-refractivity contribution in [2.45, 2.75) is 18.5 Å². The van der Waals surface area contributed by atoms with E-state index in [4.69, 9.17) is 16.3 Å². The average Bonchev–Trinajstić information content (AvgIpc) is 3.24. The fourth-order valence-electron chi connectivity index (χ4n) is 3.85. The fraction of sp³-hybridized carbons (Fsp3) is 0.381. The number of methoxy groups -OCH3 is 1. The summed E-state index contributed by atoms with van der Waals surface area (Å²) in [5, 5.41) is 0.738. The smallest absolute Gasteiger partial charge is 0.241 e. The minimum Gasteiger partial charge on any atom is -0.497 e. The van der Waals surface area contributed by atoms with E-state index in [-0.39, 0.29) is 18.0 Å². The average molecular weight is 401 g/mol. The molecule has 2 fully saturated rings. The zero-order valence-electron chi connectivity index (χ0n) is 15.9. The molecule has 7 heteroatoms. The van der Waals surface area contributed by atoms with Crippen LogP contribution < -0.4 is 20.5 Å². The highest BCUT2D eigenvalue weighted by molar-refractivity contribution is 6.30. The number of nitrogens with one attached hydrogen (secondary N) is 2. The Balaban J connectivity index is 1.32. The largest absolute Gasteiger partial charge is 0.497 e. The molecule has 0 saturated carbocycles. The SMILES string of the molecule is COc1ccc(C2CC(C(=O)N3CCN(c4cccc(Cl)c4)CC3)NN2)cc1. The molecule has 2 atom stereocenters. The number of nitrogens with zero attached hydrogens (tertiary/aromatic N) is 2. The molecule has 148 valence electrons. The Labute approximate surface area is 170 Å². The van der Waals surface area contributed by atoms with Crippen LogP contribution in [0, 0.1) is 0 Å². The number of halogens is 1. The molecule has 28 heavy (non-hydrogen) atoms. The molecule has 2 N–H and O–H groups in total. The molecule has 2 aromatic carbocycles. The number of amides is 1. The summed E-state index contributed by atoms with van der Waals surface area (Å²) in [6.45, 7) is 3.07. The summed E-state index contributed by atoms with van der Waals surface area (Å²) < 4.78 is 5.21. The molecule has 0 aromatic heterocycles.